The lowest BCUT2D eigenvalue weighted by Crippen LogP contribution is -2.28. The first-order chi connectivity index (χ1) is 6.33. The summed E-state index contributed by atoms with van der Waals surface area (Å²) in [7, 11) is 0. The third kappa shape index (κ3) is 8.26. The van der Waals surface area contributed by atoms with Crippen molar-refractivity contribution in [1.82, 2.24) is 0 Å². The van der Waals surface area contributed by atoms with Crippen molar-refractivity contribution in [3.8, 4) is 0 Å². The van der Waals surface area contributed by atoms with E-state index in [4.69, 9.17) is 9.84 Å². The number of hydrogen-bond donors (Lipinski definition) is 1. The highest BCUT2D eigenvalue weighted by molar-refractivity contribution is 4.68. The standard InChI is InChI=1S/C7H14O2.2C2H6/c1-2-7-5-6(8)3-4-9-7;2*1-2/h6-8H,2-5H2,1H3;2*1-2H3. The van der Waals surface area contributed by atoms with E-state index in [-0.39, 0.29) is 6.10 Å². The van der Waals surface area contributed by atoms with Gasteiger partial charge >= 0.3 is 0 Å². The van der Waals surface area contributed by atoms with Crippen molar-refractivity contribution in [2.75, 3.05) is 6.61 Å². The Morgan fingerprint density at radius 1 is 1.23 bits per heavy atom. The molecule has 0 saturated carbocycles. The number of rotatable bonds is 1. The van der Waals surface area contributed by atoms with Crippen LogP contribution in [0.2, 0.25) is 0 Å². The van der Waals surface area contributed by atoms with Crippen LogP contribution < -0.4 is 0 Å². The maximum atomic E-state index is 9.13. The molecule has 0 amide bonds. The Morgan fingerprint density at radius 2 is 1.77 bits per heavy atom. The molecular formula is C11H26O2. The van der Waals surface area contributed by atoms with Crippen molar-refractivity contribution in [3.63, 3.8) is 0 Å². The van der Waals surface area contributed by atoms with Crippen LogP contribution in [0.4, 0.5) is 0 Å². The maximum absolute atomic E-state index is 9.13. The molecule has 0 aliphatic carbocycles. The molecule has 2 nitrogen and oxygen atoms in total. The fourth-order valence-corrected chi connectivity index (χ4v) is 1.14. The molecule has 0 aromatic heterocycles. The van der Waals surface area contributed by atoms with Crippen molar-refractivity contribution in [1.29, 1.82) is 0 Å². The minimum absolute atomic E-state index is 0.108. The van der Waals surface area contributed by atoms with Crippen LogP contribution in [0.25, 0.3) is 0 Å². The minimum atomic E-state index is -0.108. The van der Waals surface area contributed by atoms with Crippen molar-refractivity contribution >= 4 is 0 Å². The molecule has 0 aromatic rings. The normalized spacial score (nSPS) is 26.3. The molecule has 0 spiro atoms. The molecular weight excluding hydrogens is 164 g/mol. The highest BCUT2D eigenvalue weighted by Crippen LogP contribution is 2.15. The predicted molar refractivity (Wildman–Crippen MR) is 58.0 cm³/mol. The average Bonchev–Trinajstić information content (AvgIpc) is 2.24. The molecule has 1 N–H and O–H groups in total. The van der Waals surface area contributed by atoms with E-state index >= 15 is 0 Å². The van der Waals surface area contributed by atoms with Gasteiger partial charge in [0.1, 0.15) is 0 Å². The molecule has 13 heavy (non-hydrogen) atoms. The van der Waals surface area contributed by atoms with Gasteiger partial charge in [-0.1, -0.05) is 34.6 Å². The molecule has 0 aromatic carbocycles. The Kier molecular flexibility index (Phi) is 14.1. The number of ether oxygens (including phenoxy) is 1. The van der Waals surface area contributed by atoms with Gasteiger partial charge in [0.05, 0.1) is 12.2 Å². The van der Waals surface area contributed by atoms with Gasteiger partial charge in [0.15, 0.2) is 0 Å². The predicted octanol–water partition coefficient (Wildman–Crippen LogP) is 2.99. The summed E-state index contributed by atoms with van der Waals surface area (Å²) in [6.07, 6.45) is 2.88. The van der Waals surface area contributed by atoms with Crippen LogP contribution in [0.3, 0.4) is 0 Å². The Hall–Kier alpha value is -0.0800. The summed E-state index contributed by atoms with van der Waals surface area (Å²) in [4.78, 5) is 0. The van der Waals surface area contributed by atoms with Crippen LogP contribution in [0.15, 0.2) is 0 Å². The lowest BCUT2D eigenvalue weighted by molar-refractivity contribution is -0.0441. The minimum Gasteiger partial charge on any atom is -0.393 e. The third-order valence-corrected chi connectivity index (χ3v) is 1.79. The van der Waals surface area contributed by atoms with E-state index in [1.54, 1.807) is 0 Å². The van der Waals surface area contributed by atoms with Crippen molar-refractivity contribution in [2.45, 2.75) is 66.1 Å². The smallest absolute Gasteiger partial charge is 0.0597 e. The molecule has 2 unspecified atom stereocenters. The van der Waals surface area contributed by atoms with E-state index in [9.17, 15) is 0 Å². The summed E-state index contributed by atoms with van der Waals surface area (Å²) < 4.78 is 5.34. The quantitative estimate of drug-likeness (QED) is 0.689. The zero-order valence-corrected chi connectivity index (χ0v) is 9.84. The van der Waals surface area contributed by atoms with E-state index in [0.717, 1.165) is 25.9 Å². The monoisotopic (exact) mass is 190 g/mol. The van der Waals surface area contributed by atoms with Gasteiger partial charge in [-0.15, -0.1) is 0 Å². The molecule has 2 atom stereocenters. The topological polar surface area (TPSA) is 29.5 Å². The fourth-order valence-electron chi connectivity index (χ4n) is 1.14. The Labute approximate surface area is 83.3 Å². The molecule has 1 heterocycles. The van der Waals surface area contributed by atoms with Crippen LogP contribution in [-0.4, -0.2) is 23.9 Å². The zero-order chi connectivity index (χ0) is 10.7. The first-order valence-electron chi connectivity index (χ1n) is 5.62. The Morgan fingerprint density at radius 3 is 2.08 bits per heavy atom. The summed E-state index contributed by atoms with van der Waals surface area (Å²) in [6, 6.07) is 0. The van der Waals surface area contributed by atoms with E-state index < -0.39 is 0 Å². The summed E-state index contributed by atoms with van der Waals surface area (Å²) >= 11 is 0. The summed E-state index contributed by atoms with van der Waals surface area (Å²) in [5.74, 6) is 0. The first-order valence-corrected chi connectivity index (χ1v) is 5.62. The number of aliphatic hydroxyl groups is 1. The average molecular weight is 190 g/mol. The van der Waals surface area contributed by atoms with Gasteiger partial charge in [-0.3, -0.25) is 0 Å². The summed E-state index contributed by atoms with van der Waals surface area (Å²) in [6.45, 7) is 10.8. The summed E-state index contributed by atoms with van der Waals surface area (Å²) in [5.41, 5.74) is 0. The number of hydrogen-bond acceptors (Lipinski definition) is 2. The lowest BCUT2D eigenvalue weighted by Gasteiger charge is -2.25. The molecule has 1 aliphatic heterocycles. The second-order valence-electron chi connectivity index (χ2n) is 2.58. The first kappa shape index (κ1) is 15.4. The van der Waals surface area contributed by atoms with Crippen LogP contribution in [0.5, 0.6) is 0 Å². The Bertz CT molecular complexity index is 84.2. The van der Waals surface area contributed by atoms with E-state index in [1.807, 2.05) is 27.7 Å². The van der Waals surface area contributed by atoms with Gasteiger partial charge in [-0.25, -0.2) is 0 Å². The van der Waals surface area contributed by atoms with Gasteiger partial charge in [0, 0.05) is 6.61 Å². The largest absolute Gasteiger partial charge is 0.393 e. The highest BCUT2D eigenvalue weighted by atomic mass is 16.5. The van der Waals surface area contributed by atoms with Crippen molar-refractivity contribution in [2.24, 2.45) is 0 Å². The van der Waals surface area contributed by atoms with Crippen LogP contribution in [0.1, 0.15) is 53.9 Å². The number of aliphatic hydroxyl groups excluding tert-OH is 1. The molecule has 1 aliphatic rings. The van der Waals surface area contributed by atoms with Gasteiger partial charge in [-0.05, 0) is 19.3 Å². The van der Waals surface area contributed by atoms with Gasteiger partial charge < -0.3 is 9.84 Å². The molecule has 1 rings (SSSR count). The van der Waals surface area contributed by atoms with Gasteiger partial charge in [0.2, 0.25) is 0 Å². The zero-order valence-electron chi connectivity index (χ0n) is 9.84. The third-order valence-electron chi connectivity index (χ3n) is 1.79. The summed E-state index contributed by atoms with van der Waals surface area (Å²) in [5, 5.41) is 9.13. The molecule has 2 heteroatoms. The van der Waals surface area contributed by atoms with Crippen molar-refractivity contribution in [3.05, 3.63) is 0 Å². The molecule has 1 fully saturated rings. The van der Waals surface area contributed by atoms with Crippen LogP contribution >= 0.6 is 0 Å². The SMILES string of the molecule is CC.CC.CCC1CC(O)CCO1. The van der Waals surface area contributed by atoms with E-state index in [2.05, 4.69) is 6.92 Å². The van der Waals surface area contributed by atoms with Gasteiger partial charge in [0.25, 0.3) is 0 Å². The maximum Gasteiger partial charge on any atom is 0.0597 e. The molecule has 0 bridgehead atoms. The highest BCUT2D eigenvalue weighted by Gasteiger charge is 2.18. The second-order valence-corrected chi connectivity index (χ2v) is 2.58. The van der Waals surface area contributed by atoms with Crippen molar-refractivity contribution < 1.29 is 9.84 Å². The van der Waals surface area contributed by atoms with E-state index in [1.165, 1.54) is 0 Å². The van der Waals surface area contributed by atoms with Crippen LogP contribution in [-0.2, 0) is 4.74 Å². The Balaban J connectivity index is 0. The second kappa shape index (κ2) is 11.9. The van der Waals surface area contributed by atoms with Crippen LogP contribution in [0, 0.1) is 0 Å². The van der Waals surface area contributed by atoms with E-state index in [0.29, 0.717) is 6.10 Å². The molecule has 0 radical (unpaired) electrons. The lowest BCUT2D eigenvalue weighted by atomic mass is 10.0. The van der Waals surface area contributed by atoms with Gasteiger partial charge in [-0.2, -0.15) is 0 Å². The molecule has 1 saturated heterocycles. The fraction of sp³-hybridized carbons (Fsp3) is 1.00. The molecule has 82 valence electrons.